The van der Waals surface area contributed by atoms with Crippen molar-refractivity contribution >= 4 is 28.4 Å². The number of para-hydroxylation sites is 2. The molecule has 0 radical (unpaired) electrons. The highest BCUT2D eigenvalue weighted by Gasteiger charge is 2.51. The van der Waals surface area contributed by atoms with Crippen molar-refractivity contribution in [1.82, 2.24) is 0 Å². The second-order valence-corrected chi connectivity index (χ2v) is 17.4. The van der Waals surface area contributed by atoms with Crippen molar-refractivity contribution in [3.63, 3.8) is 0 Å². The third-order valence-electron chi connectivity index (χ3n) is 13.0. The summed E-state index contributed by atoms with van der Waals surface area (Å²) in [7, 11) is 0. The number of thiophene rings is 1. The number of ether oxygens (including phenoxy) is 2. The van der Waals surface area contributed by atoms with Crippen LogP contribution in [0.15, 0.2) is 224 Å². The molecular formula is C59H37NO2S. The first kappa shape index (κ1) is 35.8. The van der Waals surface area contributed by atoms with E-state index in [0.717, 1.165) is 60.9 Å². The summed E-state index contributed by atoms with van der Waals surface area (Å²) in [6.07, 6.45) is 0. The molecule has 0 fully saturated rings. The van der Waals surface area contributed by atoms with E-state index in [2.05, 4.69) is 199 Å². The quantitative estimate of drug-likeness (QED) is 0.167. The van der Waals surface area contributed by atoms with Crippen LogP contribution in [0.2, 0.25) is 0 Å². The smallest absolute Gasteiger partial charge is 0.189 e. The van der Waals surface area contributed by atoms with Gasteiger partial charge in [-0.1, -0.05) is 176 Å². The largest absolute Gasteiger partial charge is 0.448 e. The molecule has 9 aromatic carbocycles. The van der Waals surface area contributed by atoms with Gasteiger partial charge in [-0.05, 0) is 115 Å². The Morgan fingerprint density at radius 1 is 0.317 bits per heavy atom. The number of hydrogen-bond acceptors (Lipinski definition) is 4. The molecule has 13 rings (SSSR count). The van der Waals surface area contributed by atoms with Gasteiger partial charge in [0, 0.05) is 17.1 Å². The second kappa shape index (κ2) is 14.1. The van der Waals surface area contributed by atoms with Gasteiger partial charge >= 0.3 is 0 Å². The van der Waals surface area contributed by atoms with E-state index in [9.17, 15) is 0 Å². The summed E-state index contributed by atoms with van der Waals surface area (Å²) < 4.78 is 13.3. The van der Waals surface area contributed by atoms with E-state index in [1.54, 1.807) is 11.3 Å². The van der Waals surface area contributed by atoms with Crippen molar-refractivity contribution in [1.29, 1.82) is 0 Å². The van der Waals surface area contributed by atoms with E-state index in [-0.39, 0.29) is 0 Å². The highest BCUT2D eigenvalue weighted by molar-refractivity contribution is 7.19. The molecule has 0 saturated heterocycles. The number of benzene rings is 9. The highest BCUT2D eigenvalue weighted by Crippen LogP contribution is 2.64. The van der Waals surface area contributed by atoms with Crippen molar-refractivity contribution < 1.29 is 9.47 Å². The van der Waals surface area contributed by atoms with Crippen LogP contribution < -0.4 is 14.4 Å². The average Bonchev–Trinajstić information content (AvgIpc) is 3.98. The predicted molar refractivity (Wildman–Crippen MR) is 258 cm³/mol. The zero-order valence-corrected chi connectivity index (χ0v) is 34.9. The molecule has 2 heterocycles. The lowest BCUT2D eigenvalue weighted by molar-refractivity contribution is 0.364. The van der Waals surface area contributed by atoms with Crippen LogP contribution in [0.4, 0.5) is 17.1 Å². The molecule has 0 bridgehead atoms. The molecule has 0 unspecified atom stereocenters. The fourth-order valence-corrected chi connectivity index (χ4v) is 11.4. The van der Waals surface area contributed by atoms with Gasteiger partial charge in [-0.3, -0.25) is 0 Å². The van der Waals surface area contributed by atoms with Crippen molar-refractivity contribution in [2.24, 2.45) is 0 Å². The van der Waals surface area contributed by atoms with Gasteiger partial charge in [-0.25, -0.2) is 0 Å². The molecule has 0 N–H and O–H groups in total. The molecule has 63 heavy (non-hydrogen) atoms. The van der Waals surface area contributed by atoms with E-state index >= 15 is 0 Å². The molecule has 0 amide bonds. The summed E-state index contributed by atoms with van der Waals surface area (Å²) >= 11 is 1.70. The summed E-state index contributed by atoms with van der Waals surface area (Å²) in [4.78, 5) is 4.47. The third-order valence-corrected chi connectivity index (χ3v) is 14.2. The molecule has 2 aliphatic carbocycles. The summed E-state index contributed by atoms with van der Waals surface area (Å²) in [6.45, 7) is 0. The maximum Gasteiger partial charge on any atom is 0.189 e. The zero-order chi connectivity index (χ0) is 41.5. The van der Waals surface area contributed by atoms with Crippen molar-refractivity contribution in [3.8, 4) is 77.3 Å². The van der Waals surface area contributed by atoms with Crippen molar-refractivity contribution in [3.05, 3.63) is 247 Å². The molecule has 1 aliphatic heterocycles. The Hall–Kier alpha value is -7.92. The Morgan fingerprint density at radius 2 is 0.698 bits per heavy atom. The van der Waals surface area contributed by atoms with Gasteiger partial charge in [-0.2, -0.15) is 0 Å². The number of fused-ring (bicyclic) bond motifs is 12. The van der Waals surface area contributed by atoms with Gasteiger partial charge in [0.2, 0.25) is 0 Å². The number of anilines is 3. The highest BCUT2D eigenvalue weighted by atomic mass is 32.1. The Labute approximate surface area is 370 Å². The maximum atomic E-state index is 6.67. The topological polar surface area (TPSA) is 21.7 Å². The van der Waals surface area contributed by atoms with Gasteiger partial charge in [0.1, 0.15) is 0 Å². The van der Waals surface area contributed by atoms with E-state index in [4.69, 9.17) is 9.47 Å². The molecule has 1 aromatic heterocycles. The normalized spacial score (nSPS) is 13.1. The van der Waals surface area contributed by atoms with Crippen LogP contribution in [-0.2, 0) is 5.41 Å². The fourth-order valence-electron chi connectivity index (χ4n) is 10.3. The summed E-state index contributed by atoms with van der Waals surface area (Å²) in [6, 6.07) is 80.9. The monoisotopic (exact) mass is 823 g/mol. The molecule has 296 valence electrons. The van der Waals surface area contributed by atoms with E-state index in [1.165, 1.54) is 55.6 Å². The van der Waals surface area contributed by atoms with Crippen LogP contribution in [0.5, 0.6) is 23.0 Å². The van der Waals surface area contributed by atoms with Gasteiger partial charge in [0.05, 0.1) is 15.2 Å². The van der Waals surface area contributed by atoms with Crippen molar-refractivity contribution in [2.75, 3.05) is 4.90 Å². The minimum Gasteiger partial charge on any atom is -0.448 e. The van der Waals surface area contributed by atoms with E-state index in [0.29, 0.717) is 0 Å². The standard InChI is InChI=1S/C59H37NO2S/c1-3-15-38(16-4-1)39-27-31-42(32-28-39)60(43-33-29-41(30-34-43)58-56-55(57(63-58)40-17-5-2-6-18-40)61-53-25-13-14-26-54(53)62-56)44-35-36-48-47-21-9-12-24-51(47)59(52(48)37-44)49-22-10-7-19-45(49)46-20-8-11-23-50(46)59/h1-37H. The van der Waals surface area contributed by atoms with Gasteiger partial charge in [-0.15, -0.1) is 11.3 Å². The molecule has 4 heteroatoms. The van der Waals surface area contributed by atoms with Gasteiger partial charge < -0.3 is 14.4 Å². The van der Waals surface area contributed by atoms with Crippen LogP contribution in [0.1, 0.15) is 22.3 Å². The third kappa shape index (κ3) is 5.38. The lowest BCUT2D eigenvalue weighted by Crippen LogP contribution is -2.26. The maximum absolute atomic E-state index is 6.67. The van der Waals surface area contributed by atoms with Gasteiger partial charge in [0.25, 0.3) is 0 Å². The molecule has 3 nitrogen and oxygen atoms in total. The van der Waals surface area contributed by atoms with E-state index < -0.39 is 5.41 Å². The first-order valence-corrected chi connectivity index (χ1v) is 22.2. The number of hydrogen-bond donors (Lipinski definition) is 0. The molecule has 1 spiro atoms. The van der Waals surface area contributed by atoms with Gasteiger partial charge in [0.15, 0.2) is 23.0 Å². The minimum absolute atomic E-state index is 0.447. The predicted octanol–water partition coefficient (Wildman–Crippen LogP) is 16.5. The lowest BCUT2D eigenvalue weighted by Gasteiger charge is -2.32. The minimum atomic E-state index is -0.447. The second-order valence-electron chi connectivity index (χ2n) is 16.3. The number of rotatable bonds is 6. The molecule has 3 aliphatic rings. The van der Waals surface area contributed by atoms with Crippen LogP contribution in [0.25, 0.3) is 54.3 Å². The first-order valence-electron chi connectivity index (χ1n) is 21.4. The van der Waals surface area contributed by atoms with Crippen LogP contribution in [-0.4, -0.2) is 0 Å². The summed E-state index contributed by atoms with van der Waals surface area (Å²) in [5.41, 5.74) is 17.8. The SMILES string of the molecule is c1ccc(-c2ccc(N(c3ccc(-c4sc(-c5ccccc5)c5c4Oc4ccccc4O5)cc3)c3ccc4c(c3)C3(c5ccccc5-c5ccccc53)c3ccccc3-4)cc2)cc1. The lowest BCUT2D eigenvalue weighted by atomic mass is 9.70. The molecular weight excluding hydrogens is 787 g/mol. The van der Waals surface area contributed by atoms with Crippen LogP contribution >= 0.6 is 11.3 Å². The fraction of sp³-hybridized carbons (Fsp3) is 0.0169. The molecule has 0 saturated carbocycles. The number of nitrogens with zero attached hydrogens (tertiary/aromatic N) is 1. The first-order chi connectivity index (χ1) is 31.2. The Balaban J connectivity index is 0.978. The van der Waals surface area contributed by atoms with E-state index in [1.807, 2.05) is 30.3 Å². The summed E-state index contributed by atoms with van der Waals surface area (Å²) in [5, 5.41) is 0. The molecule has 0 atom stereocenters. The van der Waals surface area contributed by atoms with Crippen LogP contribution in [0.3, 0.4) is 0 Å². The average molecular weight is 824 g/mol. The zero-order valence-electron chi connectivity index (χ0n) is 34.0. The van der Waals surface area contributed by atoms with Crippen molar-refractivity contribution in [2.45, 2.75) is 5.41 Å². The Bertz CT molecular complexity index is 3330. The summed E-state index contributed by atoms with van der Waals surface area (Å²) in [5.74, 6) is 2.94. The Kier molecular flexibility index (Phi) is 7.99. The Morgan fingerprint density at radius 3 is 1.22 bits per heavy atom. The van der Waals surface area contributed by atoms with Crippen LogP contribution in [0, 0.1) is 0 Å². The molecule has 10 aromatic rings.